The first kappa shape index (κ1) is 23.4. The maximum atomic E-state index is 12.8. The van der Waals surface area contributed by atoms with Crippen molar-refractivity contribution in [2.75, 3.05) is 32.1 Å². The van der Waals surface area contributed by atoms with Gasteiger partial charge >= 0.3 is 6.03 Å². The van der Waals surface area contributed by atoms with E-state index < -0.39 is 16.1 Å². The number of carbonyl (C=O) groups excluding carboxylic acids is 3. The summed E-state index contributed by atoms with van der Waals surface area (Å²) < 4.78 is 31.9. The summed E-state index contributed by atoms with van der Waals surface area (Å²) in [6.07, 6.45) is 0. The molecule has 1 aliphatic rings. The van der Waals surface area contributed by atoms with Crippen molar-refractivity contribution in [3.05, 3.63) is 54.1 Å². The van der Waals surface area contributed by atoms with Gasteiger partial charge in [0.1, 0.15) is 12.3 Å². The number of ether oxygens (including phenoxy) is 1. The van der Waals surface area contributed by atoms with Crippen molar-refractivity contribution in [2.45, 2.75) is 24.8 Å². The summed E-state index contributed by atoms with van der Waals surface area (Å²) in [6.45, 7) is 2.87. The van der Waals surface area contributed by atoms with Gasteiger partial charge in [0.05, 0.1) is 10.6 Å². The van der Waals surface area contributed by atoms with Crippen molar-refractivity contribution in [1.29, 1.82) is 0 Å². The highest BCUT2D eigenvalue weighted by Gasteiger charge is 2.39. The van der Waals surface area contributed by atoms with Gasteiger partial charge in [0.2, 0.25) is 10.0 Å². The van der Waals surface area contributed by atoms with Crippen LogP contribution >= 0.6 is 0 Å². The second-order valence-corrected chi connectivity index (χ2v) is 9.87. The Bertz CT molecular complexity index is 1150. The summed E-state index contributed by atoms with van der Waals surface area (Å²) in [5.74, 6) is -0.671. The van der Waals surface area contributed by atoms with Crippen LogP contribution in [0, 0.1) is 0 Å². The molecule has 9 nitrogen and oxygen atoms in total. The van der Waals surface area contributed by atoms with Crippen LogP contribution in [0.15, 0.2) is 53.4 Å². The number of Topliss-reactive ketones (excluding diaryl/α,β-unsaturated/α-hetero) is 1. The molecule has 3 amide bonds. The number of nitrogens with zero attached hydrogens (tertiary/aromatic N) is 3. The minimum absolute atomic E-state index is 0.0176. The molecule has 3 rings (SSSR count). The highest BCUT2D eigenvalue weighted by atomic mass is 32.2. The quantitative estimate of drug-likeness (QED) is 0.443. The number of sulfonamides is 1. The third-order valence-electron chi connectivity index (χ3n) is 4.97. The second-order valence-electron chi connectivity index (χ2n) is 7.72. The first-order valence-corrected chi connectivity index (χ1v) is 11.4. The average molecular weight is 460 g/mol. The van der Waals surface area contributed by atoms with Gasteiger partial charge in [0.25, 0.3) is 5.91 Å². The van der Waals surface area contributed by atoms with E-state index in [0.717, 1.165) is 9.21 Å². The van der Waals surface area contributed by atoms with Crippen molar-refractivity contribution in [2.24, 2.45) is 0 Å². The van der Waals surface area contributed by atoms with Gasteiger partial charge in [-0.3, -0.25) is 19.4 Å². The third-order valence-corrected chi connectivity index (χ3v) is 6.78. The molecule has 0 atom stereocenters. The molecular weight excluding hydrogens is 434 g/mol. The molecule has 1 fully saturated rings. The zero-order chi connectivity index (χ0) is 23.6. The molecule has 1 saturated heterocycles. The smallest absolute Gasteiger partial charge is 0.332 e. The average Bonchev–Trinajstić information content (AvgIpc) is 3.06. The fourth-order valence-corrected chi connectivity index (χ4v) is 4.19. The summed E-state index contributed by atoms with van der Waals surface area (Å²) in [5, 5.41) is 0. The van der Waals surface area contributed by atoms with Crippen LogP contribution in [0.3, 0.4) is 0 Å². The highest BCUT2D eigenvalue weighted by molar-refractivity contribution is 7.89. The van der Waals surface area contributed by atoms with Crippen LogP contribution in [0.2, 0.25) is 0 Å². The fraction of sp³-hybridized carbons (Fsp3) is 0.318. The number of ketones is 1. The molecule has 0 aliphatic carbocycles. The SMILES string of the molecule is CC(C)N1C(=O)CN(c2ccc(S(=O)(=O)N(C)C)cc2OCC(=O)c2ccccc2)C1=O. The molecule has 0 bridgehead atoms. The lowest BCUT2D eigenvalue weighted by Gasteiger charge is -2.22. The first-order valence-electron chi connectivity index (χ1n) is 9.95. The Morgan fingerprint density at radius 3 is 2.31 bits per heavy atom. The zero-order valence-electron chi connectivity index (χ0n) is 18.3. The van der Waals surface area contributed by atoms with Crippen LogP contribution < -0.4 is 9.64 Å². The topological polar surface area (TPSA) is 104 Å². The predicted octanol–water partition coefficient (Wildman–Crippen LogP) is 2.38. The molecule has 2 aromatic carbocycles. The number of benzene rings is 2. The Labute approximate surface area is 187 Å². The van der Waals surface area contributed by atoms with E-state index in [0.29, 0.717) is 5.56 Å². The number of anilines is 1. The summed E-state index contributed by atoms with van der Waals surface area (Å²) in [4.78, 5) is 40.0. The molecule has 0 unspecified atom stereocenters. The minimum Gasteiger partial charge on any atom is -0.483 e. The predicted molar refractivity (Wildman–Crippen MR) is 118 cm³/mol. The van der Waals surface area contributed by atoms with Crippen LogP contribution in [0.25, 0.3) is 0 Å². The Balaban J connectivity index is 1.99. The Hall–Kier alpha value is -3.24. The largest absolute Gasteiger partial charge is 0.483 e. The molecule has 1 heterocycles. The second kappa shape index (κ2) is 9.09. The maximum absolute atomic E-state index is 12.8. The summed E-state index contributed by atoms with van der Waals surface area (Å²) in [6, 6.07) is 11.6. The molecule has 10 heteroatoms. The number of urea groups is 1. The standard InChI is InChI=1S/C22H25N3O6S/c1-15(2)25-21(27)13-24(22(25)28)18-11-10-17(32(29,30)23(3)4)12-20(18)31-14-19(26)16-8-6-5-7-9-16/h5-12,15H,13-14H2,1-4H3. The maximum Gasteiger partial charge on any atom is 0.332 e. The van der Waals surface area contributed by atoms with Crippen LogP contribution in [-0.2, 0) is 14.8 Å². The number of hydrogen-bond acceptors (Lipinski definition) is 6. The van der Waals surface area contributed by atoms with Gasteiger partial charge in [-0.15, -0.1) is 0 Å². The van der Waals surface area contributed by atoms with Gasteiger partial charge in [-0.05, 0) is 26.0 Å². The molecule has 0 saturated carbocycles. The summed E-state index contributed by atoms with van der Waals surface area (Å²) >= 11 is 0. The number of imide groups is 1. The van der Waals surface area contributed by atoms with E-state index in [4.69, 9.17) is 4.74 Å². The molecule has 0 spiro atoms. The van der Waals surface area contributed by atoms with E-state index >= 15 is 0 Å². The summed E-state index contributed by atoms with van der Waals surface area (Å²) in [5.41, 5.74) is 0.648. The lowest BCUT2D eigenvalue weighted by molar-refractivity contribution is -0.125. The Kier molecular flexibility index (Phi) is 6.65. The number of carbonyl (C=O) groups is 3. The van der Waals surface area contributed by atoms with Gasteiger partial charge < -0.3 is 4.74 Å². The zero-order valence-corrected chi connectivity index (χ0v) is 19.1. The van der Waals surface area contributed by atoms with E-state index in [1.807, 2.05) is 0 Å². The minimum atomic E-state index is -3.79. The third kappa shape index (κ3) is 4.51. The lowest BCUT2D eigenvalue weighted by Crippen LogP contribution is -2.38. The molecule has 0 radical (unpaired) electrons. The van der Waals surface area contributed by atoms with E-state index in [-0.39, 0.29) is 47.2 Å². The van der Waals surface area contributed by atoms with Gasteiger partial charge in [-0.2, -0.15) is 0 Å². The van der Waals surface area contributed by atoms with Gasteiger partial charge in [0.15, 0.2) is 12.4 Å². The molecule has 32 heavy (non-hydrogen) atoms. The number of hydrogen-bond donors (Lipinski definition) is 0. The van der Waals surface area contributed by atoms with E-state index in [1.165, 1.54) is 37.2 Å². The monoisotopic (exact) mass is 459 g/mol. The van der Waals surface area contributed by atoms with E-state index in [2.05, 4.69) is 0 Å². The van der Waals surface area contributed by atoms with Crippen molar-refractivity contribution in [3.63, 3.8) is 0 Å². The van der Waals surface area contributed by atoms with Crippen molar-refractivity contribution in [3.8, 4) is 5.75 Å². The number of rotatable bonds is 8. The van der Waals surface area contributed by atoms with Crippen LogP contribution in [0.4, 0.5) is 10.5 Å². The number of amides is 3. The normalized spacial score (nSPS) is 14.6. The molecule has 1 aliphatic heterocycles. The summed E-state index contributed by atoms with van der Waals surface area (Å²) in [7, 11) is -1.00. The molecule has 0 aromatic heterocycles. The Morgan fingerprint density at radius 2 is 1.75 bits per heavy atom. The lowest BCUT2D eigenvalue weighted by atomic mass is 10.1. The highest BCUT2D eigenvalue weighted by Crippen LogP contribution is 2.34. The van der Waals surface area contributed by atoms with Gasteiger partial charge in [-0.25, -0.2) is 17.5 Å². The fourth-order valence-electron chi connectivity index (χ4n) is 3.27. The molecule has 170 valence electrons. The Morgan fingerprint density at radius 1 is 1.09 bits per heavy atom. The first-order chi connectivity index (χ1) is 15.0. The van der Waals surface area contributed by atoms with E-state index in [9.17, 15) is 22.8 Å². The van der Waals surface area contributed by atoms with Gasteiger partial charge in [-0.1, -0.05) is 30.3 Å². The van der Waals surface area contributed by atoms with Crippen LogP contribution in [-0.4, -0.2) is 68.6 Å². The van der Waals surface area contributed by atoms with Crippen molar-refractivity contribution < 1.29 is 27.5 Å². The van der Waals surface area contributed by atoms with Crippen LogP contribution in [0.1, 0.15) is 24.2 Å². The van der Waals surface area contributed by atoms with Crippen LogP contribution in [0.5, 0.6) is 5.75 Å². The van der Waals surface area contributed by atoms with Crippen molar-refractivity contribution >= 4 is 33.4 Å². The van der Waals surface area contributed by atoms with Gasteiger partial charge in [0, 0.05) is 31.8 Å². The molecule has 0 N–H and O–H groups in total. The molecule has 2 aromatic rings. The van der Waals surface area contributed by atoms with Crippen molar-refractivity contribution in [1.82, 2.24) is 9.21 Å². The molecular formula is C22H25N3O6S. The van der Waals surface area contributed by atoms with E-state index in [1.54, 1.807) is 44.2 Å².